The summed E-state index contributed by atoms with van der Waals surface area (Å²) in [6.45, 7) is 0. The molecule has 8 nitrogen and oxygen atoms in total. The molecule has 0 radical (unpaired) electrons. The Kier molecular flexibility index (Phi) is 8.35. The quantitative estimate of drug-likeness (QED) is 0.534. The molecule has 0 amide bonds. The lowest BCUT2D eigenvalue weighted by Gasteiger charge is -2.23. The lowest BCUT2D eigenvalue weighted by molar-refractivity contribution is 0.112. The fraction of sp³-hybridized carbons (Fsp3) is 0.478. The summed E-state index contributed by atoms with van der Waals surface area (Å²) in [5.41, 5.74) is 2.94. The van der Waals surface area contributed by atoms with E-state index in [9.17, 15) is 4.79 Å². The van der Waals surface area contributed by atoms with Crippen LogP contribution in [0.5, 0.6) is 0 Å². The molecule has 0 aliphatic heterocycles. The summed E-state index contributed by atoms with van der Waals surface area (Å²) in [5.74, 6) is 2.66. The van der Waals surface area contributed by atoms with Gasteiger partial charge in [0.25, 0.3) is 0 Å². The number of carbonyl (C=O) groups excluding carboxylic acids is 1. The number of aldehydes is 1. The van der Waals surface area contributed by atoms with Crippen LogP contribution in [0.1, 0.15) is 66.8 Å². The van der Waals surface area contributed by atoms with Crippen LogP contribution in [-0.2, 0) is 0 Å². The first-order chi connectivity index (χ1) is 15.3. The third-order valence-electron chi connectivity index (χ3n) is 5.55. The highest BCUT2D eigenvalue weighted by molar-refractivity contribution is 5.73. The Morgan fingerprint density at radius 3 is 2.48 bits per heavy atom. The van der Waals surface area contributed by atoms with Gasteiger partial charge in [0.1, 0.15) is 11.6 Å². The van der Waals surface area contributed by atoms with Crippen LogP contribution < -0.4 is 10.6 Å². The summed E-state index contributed by atoms with van der Waals surface area (Å²) < 4.78 is 1.93. The first-order valence-electron chi connectivity index (χ1n) is 10.9. The van der Waals surface area contributed by atoms with Crippen LogP contribution in [0.4, 0.5) is 11.6 Å². The van der Waals surface area contributed by atoms with Crippen molar-refractivity contribution in [2.24, 2.45) is 0 Å². The zero-order chi connectivity index (χ0) is 22.1. The first kappa shape index (κ1) is 22.7. The maximum absolute atomic E-state index is 9.97. The number of anilines is 2. The van der Waals surface area contributed by atoms with Crippen molar-refractivity contribution in [2.75, 3.05) is 24.8 Å². The van der Waals surface area contributed by atoms with Crippen LogP contribution >= 0.6 is 0 Å². The minimum Gasteiger partial charge on any atom is -0.400 e. The molecule has 0 unspecified atom stereocenters. The van der Waals surface area contributed by atoms with Gasteiger partial charge in [-0.25, -0.2) is 4.98 Å². The van der Waals surface area contributed by atoms with E-state index in [1.807, 2.05) is 17.8 Å². The summed E-state index contributed by atoms with van der Waals surface area (Å²) in [4.78, 5) is 18.5. The Labute approximate surface area is 183 Å². The second kappa shape index (κ2) is 11.4. The summed E-state index contributed by atoms with van der Waals surface area (Å²) in [6.07, 6.45) is 15.0. The van der Waals surface area contributed by atoms with E-state index in [1.54, 1.807) is 18.3 Å². The van der Waals surface area contributed by atoms with Gasteiger partial charge >= 0.3 is 0 Å². The molecule has 3 aromatic heterocycles. The lowest BCUT2D eigenvalue weighted by Crippen LogP contribution is -2.23. The number of carbonyl (C=O) groups is 1. The number of pyridine rings is 1. The fourth-order valence-electron chi connectivity index (χ4n) is 3.82. The van der Waals surface area contributed by atoms with E-state index in [-0.39, 0.29) is 0 Å². The Morgan fingerprint density at radius 2 is 1.90 bits per heavy atom. The number of hydrogen-bond donors (Lipinski definition) is 3. The third kappa shape index (κ3) is 6.01. The maximum atomic E-state index is 9.97. The van der Waals surface area contributed by atoms with E-state index in [0.29, 0.717) is 17.5 Å². The zero-order valence-electron chi connectivity index (χ0n) is 18.3. The monoisotopic (exact) mass is 424 g/mol. The van der Waals surface area contributed by atoms with Crippen molar-refractivity contribution < 1.29 is 9.90 Å². The second-order valence-corrected chi connectivity index (χ2v) is 7.77. The number of hydrogen-bond acceptors (Lipinski definition) is 7. The van der Waals surface area contributed by atoms with Gasteiger partial charge in [0.2, 0.25) is 0 Å². The van der Waals surface area contributed by atoms with Crippen LogP contribution in [0.25, 0.3) is 5.65 Å². The van der Waals surface area contributed by atoms with Crippen LogP contribution in [0.15, 0.2) is 36.8 Å². The highest BCUT2D eigenvalue weighted by Crippen LogP contribution is 2.42. The number of nitrogens with one attached hydrogen (secondary N) is 2. The molecule has 2 saturated carbocycles. The third-order valence-corrected chi connectivity index (χ3v) is 5.55. The number of aliphatic hydroxyl groups excluding tert-OH is 1. The molecule has 0 atom stereocenters. The second-order valence-electron chi connectivity index (χ2n) is 7.77. The molecular weight excluding hydrogens is 392 g/mol. The van der Waals surface area contributed by atoms with Crippen molar-refractivity contribution in [1.29, 1.82) is 0 Å². The first-order valence-corrected chi connectivity index (χ1v) is 10.9. The molecule has 0 spiro atoms. The zero-order valence-corrected chi connectivity index (χ0v) is 18.3. The van der Waals surface area contributed by atoms with Gasteiger partial charge in [0.05, 0.1) is 6.20 Å². The lowest BCUT2D eigenvalue weighted by atomic mass is 9.95. The number of aromatic nitrogens is 4. The van der Waals surface area contributed by atoms with Crippen molar-refractivity contribution in [2.45, 2.75) is 56.9 Å². The van der Waals surface area contributed by atoms with Crippen molar-refractivity contribution in [3.63, 3.8) is 0 Å². The predicted molar refractivity (Wildman–Crippen MR) is 123 cm³/mol. The summed E-state index contributed by atoms with van der Waals surface area (Å²) in [6, 6.07) is 6.08. The van der Waals surface area contributed by atoms with Crippen LogP contribution in [-0.4, -0.2) is 51.2 Å². The molecule has 0 bridgehead atoms. The number of rotatable bonds is 5. The van der Waals surface area contributed by atoms with Crippen LogP contribution in [0.3, 0.4) is 0 Å². The Balaban J connectivity index is 0.000000230. The minimum absolute atomic E-state index is 0.575. The molecule has 8 heteroatoms. The highest BCUT2D eigenvalue weighted by atomic mass is 16.2. The summed E-state index contributed by atoms with van der Waals surface area (Å²) >= 11 is 0. The van der Waals surface area contributed by atoms with Crippen molar-refractivity contribution >= 4 is 23.6 Å². The van der Waals surface area contributed by atoms with Gasteiger partial charge in [0.15, 0.2) is 11.9 Å². The van der Waals surface area contributed by atoms with E-state index in [4.69, 9.17) is 10.1 Å². The van der Waals surface area contributed by atoms with Gasteiger partial charge < -0.3 is 15.7 Å². The van der Waals surface area contributed by atoms with Gasteiger partial charge in [-0.15, -0.1) is 0 Å². The van der Waals surface area contributed by atoms with Crippen molar-refractivity contribution in [1.82, 2.24) is 19.6 Å². The molecule has 2 aliphatic rings. The highest BCUT2D eigenvalue weighted by Gasteiger charge is 2.28. The van der Waals surface area contributed by atoms with Crippen molar-refractivity contribution in [3.05, 3.63) is 47.9 Å². The molecule has 0 aromatic carbocycles. The SMILES string of the molecule is CNc1cc(NC2CCCCC2)nc2c(C3CC3)cnn12.CO.O=Cc1cccnc1. The molecule has 3 aromatic rings. The number of aliphatic hydroxyl groups is 1. The van der Waals surface area contributed by atoms with Gasteiger partial charge in [-0.2, -0.15) is 9.61 Å². The molecule has 5 rings (SSSR count). The van der Waals surface area contributed by atoms with Gasteiger partial charge in [-0.05, 0) is 43.7 Å². The molecule has 31 heavy (non-hydrogen) atoms. The topological polar surface area (TPSA) is 104 Å². The molecule has 2 fully saturated rings. The predicted octanol–water partition coefficient (Wildman–Crippen LogP) is 3.90. The molecule has 3 heterocycles. The molecule has 0 saturated heterocycles. The summed E-state index contributed by atoms with van der Waals surface area (Å²) in [5, 5.41) is 18.4. The molecule has 2 aliphatic carbocycles. The maximum Gasteiger partial charge on any atom is 0.163 e. The van der Waals surface area contributed by atoms with E-state index < -0.39 is 0 Å². The smallest absolute Gasteiger partial charge is 0.163 e. The Hall–Kier alpha value is -3.00. The standard InChI is InChI=1S/C16H23N5.C6H5NO.CH4O/c1-17-15-9-14(19-12-5-3-2-4-6-12)20-16-13(11-7-8-11)10-18-21(15)16;8-5-6-2-1-3-7-4-6;1-2/h9-12,17H,2-8H2,1H3,(H,19,20);1-5H;2H,1H3. The van der Waals surface area contributed by atoms with E-state index in [1.165, 1.54) is 56.7 Å². The Bertz CT molecular complexity index is 949. The number of nitrogens with zero attached hydrogens (tertiary/aromatic N) is 4. The van der Waals surface area contributed by atoms with E-state index >= 15 is 0 Å². The average Bonchev–Trinajstić information content (AvgIpc) is 3.60. The van der Waals surface area contributed by atoms with E-state index in [2.05, 4.69) is 26.8 Å². The summed E-state index contributed by atoms with van der Waals surface area (Å²) in [7, 11) is 2.94. The number of fused-ring (bicyclic) bond motifs is 1. The fourth-order valence-corrected chi connectivity index (χ4v) is 3.82. The van der Waals surface area contributed by atoms with Crippen molar-refractivity contribution in [3.8, 4) is 0 Å². The van der Waals surface area contributed by atoms with Crippen LogP contribution in [0, 0.1) is 0 Å². The van der Waals surface area contributed by atoms with Crippen LogP contribution in [0.2, 0.25) is 0 Å². The van der Waals surface area contributed by atoms with Gasteiger partial charge in [-0.1, -0.05) is 19.3 Å². The average molecular weight is 425 g/mol. The molecule has 166 valence electrons. The van der Waals surface area contributed by atoms with Gasteiger partial charge in [0, 0.05) is 49.8 Å². The van der Waals surface area contributed by atoms with Gasteiger partial charge in [-0.3, -0.25) is 9.78 Å². The normalized spacial score (nSPS) is 15.8. The minimum atomic E-state index is 0.575. The van der Waals surface area contributed by atoms with E-state index in [0.717, 1.165) is 30.7 Å². The molecule has 3 N–H and O–H groups in total. The molecular formula is C23H32N6O2. The largest absolute Gasteiger partial charge is 0.400 e. The Morgan fingerprint density at radius 1 is 1.13 bits per heavy atom.